The van der Waals surface area contributed by atoms with Crippen LogP contribution in [0.15, 0.2) is 17.1 Å². The van der Waals surface area contributed by atoms with Gasteiger partial charge in [0.1, 0.15) is 0 Å². The molecule has 0 aliphatic rings. The predicted octanol–water partition coefficient (Wildman–Crippen LogP) is 2.91. The molecule has 2 aromatic rings. The van der Waals surface area contributed by atoms with Crippen LogP contribution in [0.4, 0.5) is 0 Å². The third-order valence-corrected chi connectivity index (χ3v) is 5.95. The first-order valence-corrected chi connectivity index (χ1v) is 7.56. The van der Waals surface area contributed by atoms with Gasteiger partial charge < -0.3 is 0 Å². The van der Waals surface area contributed by atoms with E-state index >= 15 is 0 Å². The summed E-state index contributed by atoms with van der Waals surface area (Å²) in [5.41, 5.74) is 0. The number of halogens is 1. The van der Waals surface area contributed by atoms with Crippen LogP contribution in [0, 0.1) is 3.57 Å². The van der Waals surface area contributed by atoms with Gasteiger partial charge >= 0.3 is 109 Å². The summed E-state index contributed by atoms with van der Waals surface area (Å²) >= 11 is 2.80. The molecule has 0 aliphatic heterocycles. The molecule has 0 spiro atoms. The van der Waals surface area contributed by atoms with Crippen LogP contribution in [0.3, 0.4) is 0 Å². The van der Waals surface area contributed by atoms with E-state index in [4.69, 9.17) is 9.47 Å². The third-order valence-electron chi connectivity index (χ3n) is 2.11. The first kappa shape index (κ1) is 11.3. The van der Waals surface area contributed by atoms with Crippen LogP contribution < -0.4 is 9.47 Å². The van der Waals surface area contributed by atoms with E-state index in [1.807, 2.05) is 6.92 Å². The molecule has 0 amide bonds. The first-order chi connectivity index (χ1) is 7.27. The molecule has 1 aromatic carbocycles. The van der Waals surface area contributed by atoms with Crippen molar-refractivity contribution in [1.82, 2.24) is 0 Å². The quantitative estimate of drug-likeness (QED) is 0.602. The van der Waals surface area contributed by atoms with E-state index in [1.165, 1.54) is 13.2 Å². The number of benzene rings is 1. The molecule has 80 valence electrons. The topological polar surface area (TPSA) is 18.5 Å². The van der Waals surface area contributed by atoms with Crippen LogP contribution in [0.1, 0.15) is 6.92 Å². The van der Waals surface area contributed by atoms with Gasteiger partial charge in [0, 0.05) is 0 Å². The van der Waals surface area contributed by atoms with Crippen LogP contribution >= 0.6 is 22.6 Å². The van der Waals surface area contributed by atoms with Crippen molar-refractivity contribution in [3.8, 4) is 11.5 Å². The van der Waals surface area contributed by atoms with E-state index < -0.39 is 0 Å². The zero-order chi connectivity index (χ0) is 10.8. The minimum absolute atomic E-state index is 0.448. The average molecular weight is 381 g/mol. The zero-order valence-corrected chi connectivity index (χ0v) is 12.4. The molecule has 0 saturated carbocycles. The van der Waals surface area contributed by atoms with E-state index in [1.54, 1.807) is 7.11 Å². The van der Waals surface area contributed by atoms with Crippen LogP contribution in [0.2, 0.25) is 0 Å². The van der Waals surface area contributed by atoms with E-state index in [0.717, 1.165) is 11.5 Å². The Bertz CT molecular complexity index is 479. The van der Waals surface area contributed by atoms with Gasteiger partial charge in [-0.1, -0.05) is 0 Å². The molecule has 0 N–H and O–H groups in total. The van der Waals surface area contributed by atoms with Gasteiger partial charge in [-0.25, -0.2) is 0 Å². The van der Waals surface area contributed by atoms with Crippen molar-refractivity contribution in [3.05, 3.63) is 20.6 Å². The molecule has 1 heterocycles. The fourth-order valence-corrected chi connectivity index (χ4v) is 4.55. The zero-order valence-electron chi connectivity index (χ0n) is 8.54. The van der Waals surface area contributed by atoms with Crippen LogP contribution in [0.5, 0.6) is 11.5 Å². The number of hydrogen-bond donors (Lipinski definition) is 0. The molecule has 0 atom stereocenters. The molecule has 2 nitrogen and oxygen atoms in total. The Morgan fingerprint density at radius 3 is 2.93 bits per heavy atom. The molecule has 0 fully saturated rings. The number of rotatable bonds is 3. The Kier molecular flexibility index (Phi) is 3.59. The molecule has 0 unspecified atom stereocenters. The van der Waals surface area contributed by atoms with Crippen molar-refractivity contribution in [2.75, 3.05) is 13.7 Å². The normalized spacial score (nSPS) is 10.6. The Morgan fingerprint density at radius 2 is 2.27 bits per heavy atom. The third kappa shape index (κ3) is 2.03. The number of hydrogen-bond acceptors (Lipinski definition) is 2. The summed E-state index contributed by atoms with van der Waals surface area (Å²) in [5.74, 6) is 1.73. The second-order valence-corrected chi connectivity index (χ2v) is 5.99. The summed E-state index contributed by atoms with van der Waals surface area (Å²) in [4.78, 5) is 2.23. The summed E-state index contributed by atoms with van der Waals surface area (Å²) < 4.78 is 13.6. The maximum absolute atomic E-state index is 5.63. The Balaban J connectivity index is 2.68. The first-order valence-electron chi connectivity index (χ1n) is 4.64. The summed E-state index contributed by atoms with van der Waals surface area (Å²) in [6.07, 6.45) is 0. The van der Waals surface area contributed by atoms with Crippen LogP contribution in [0.25, 0.3) is 9.65 Å². The summed E-state index contributed by atoms with van der Waals surface area (Å²) in [6, 6.07) is 4.23. The monoisotopic (exact) mass is 382 g/mol. The minimum atomic E-state index is 0.448. The van der Waals surface area contributed by atoms with Gasteiger partial charge in [-0.2, -0.15) is 0 Å². The average Bonchev–Trinajstić information content (AvgIpc) is 2.70. The summed E-state index contributed by atoms with van der Waals surface area (Å²) in [6.45, 7) is 2.66. The molecule has 0 aliphatic carbocycles. The Hall–Kier alpha value is -0.191. The Labute approximate surface area is 108 Å². The van der Waals surface area contributed by atoms with E-state index in [0.29, 0.717) is 21.1 Å². The fraction of sp³-hybridized carbons (Fsp3) is 0.273. The van der Waals surface area contributed by atoms with Gasteiger partial charge in [0.25, 0.3) is 0 Å². The van der Waals surface area contributed by atoms with Crippen molar-refractivity contribution >= 4 is 46.7 Å². The van der Waals surface area contributed by atoms with Gasteiger partial charge in [-0.05, 0) is 0 Å². The van der Waals surface area contributed by atoms with E-state index in [2.05, 4.69) is 39.7 Å². The molecule has 15 heavy (non-hydrogen) atoms. The molecular weight excluding hydrogens is 370 g/mol. The van der Waals surface area contributed by atoms with E-state index in [9.17, 15) is 0 Å². The van der Waals surface area contributed by atoms with Gasteiger partial charge in [-0.15, -0.1) is 0 Å². The summed E-state index contributed by atoms with van der Waals surface area (Å²) in [5, 5.41) is 1.28. The number of methoxy groups -OCH3 is 1. The van der Waals surface area contributed by atoms with Crippen LogP contribution in [-0.4, -0.2) is 28.2 Å². The van der Waals surface area contributed by atoms with Gasteiger partial charge in [0.2, 0.25) is 0 Å². The molecule has 2 rings (SSSR count). The molecule has 0 radical (unpaired) electrons. The predicted molar refractivity (Wildman–Crippen MR) is 71.3 cm³/mol. The SMILES string of the molecule is CCOc1c(OC)cc2cc[se]c2c1I. The molecular formula is C11H11IO2Se. The number of ether oxygens (including phenoxy) is 2. The van der Waals surface area contributed by atoms with Crippen molar-refractivity contribution in [2.24, 2.45) is 0 Å². The van der Waals surface area contributed by atoms with Crippen molar-refractivity contribution < 1.29 is 9.47 Å². The summed E-state index contributed by atoms with van der Waals surface area (Å²) in [7, 11) is 1.68. The van der Waals surface area contributed by atoms with Gasteiger partial charge in [0.05, 0.1) is 0 Å². The second kappa shape index (κ2) is 4.76. The van der Waals surface area contributed by atoms with Crippen molar-refractivity contribution in [2.45, 2.75) is 6.92 Å². The molecule has 0 saturated heterocycles. The van der Waals surface area contributed by atoms with Gasteiger partial charge in [0.15, 0.2) is 0 Å². The van der Waals surface area contributed by atoms with E-state index in [-0.39, 0.29) is 0 Å². The number of fused-ring (bicyclic) bond motifs is 1. The van der Waals surface area contributed by atoms with Crippen LogP contribution in [-0.2, 0) is 0 Å². The molecule has 0 bridgehead atoms. The van der Waals surface area contributed by atoms with Crippen molar-refractivity contribution in [3.63, 3.8) is 0 Å². The molecule has 1 aromatic heterocycles. The van der Waals surface area contributed by atoms with Gasteiger partial charge in [-0.3, -0.25) is 0 Å². The molecule has 4 heteroatoms. The second-order valence-electron chi connectivity index (χ2n) is 2.99. The maximum atomic E-state index is 5.63. The fourth-order valence-electron chi connectivity index (χ4n) is 1.46. The Morgan fingerprint density at radius 1 is 1.47 bits per heavy atom. The standard InChI is InChI=1S/C11H11IO2Se/c1-3-14-10-8(13-2)6-7-4-5-15-11(7)9(10)12/h4-6H,3H2,1-2H3. The van der Waals surface area contributed by atoms with Crippen molar-refractivity contribution in [1.29, 1.82) is 0 Å².